The number of imidazole rings is 1. The van der Waals surface area contributed by atoms with Crippen molar-refractivity contribution in [3.63, 3.8) is 0 Å². The van der Waals surface area contributed by atoms with Gasteiger partial charge in [0.2, 0.25) is 5.91 Å². The van der Waals surface area contributed by atoms with Gasteiger partial charge in [-0.2, -0.15) is 0 Å². The minimum atomic E-state index is -0.621. The van der Waals surface area contributed by atoms with Crippen molar-refractivity contribution in [2.24, 2.45) is 5.92 Å². The number of carbonyl (C=O) groups excluding carboxylic acids is 2. The molecule has 0 aliphatic heterocycles. The molecule has 1 amide bonds. The predicted molar refractivity (Wildman–Crippen MR) is 95.8 cm³/mol. The van der Waals surface area contributed by atoms with E-state index in [1.54, 1.807) is 0 Å². The van der Waals surface area contributed by atoms with Gasteiger partial charge < -0.3 is 15.0 Å². The molecular weight excluding hydrogens is 326 g/mol. The summed E-state index contributed by atoms with van der Waals surface area (Å²) in [6, 6.07) is 7.19. The number of aromatic amines is 1. The van der Waals surface area contributed by atoms with Crippen LogP contribution in [0.1, 0.15) is 31.8 Å². The molecule has 2 unspecified atom stereocenters. The molecule has 1 heterocycles. The van der Waals surface area contributed by atoms with E-state index >= 15 is 0 Å². The van der Waals surface area contributed by atoms with Crippen LogP contribution in [0.25, 0.3) is 11.0 Å². The van der Waals surface area contributed by atoms with E-state index in [0.717, 1.165) is 16.9 Å². The third-order valence-corrected chi connectivity index (χ3v) is 4.85. The van der Waals surface area contributed by atoms with Crippen LogP contribution in [-0.2, 0) is 14.3 Å². The fraction of sp³-hybridized carbons (Fsp3) is 0.471. The first-order chi connectivity index (χ1) is 11.4. The van der Waals surface area contributed by atoms with Crippen LogP contribution in [0.4, 0.5) is 0 Å². The molecule has 0 saturated heterocycles. The van der Waals surface area contributed by atoms with E-state index < -0.39 is 12.0 Å². The molecule has 0 aliphatic carbocycles. The molecule has 24 heavy (non-hydrogen) atoms. The van der Waals surface area contributed by atoms with Crippen LogP contribution in [0.15, 0.2) is 24.3 Å². The molecule has 0 spiro atoms. The van der Waals surface area contributed by atoms with Crippen LogP contribution < -0.4 is 5.32 Å². The maximum absolute atomic E-state index is 12.1. The zero-order valence-electron chi connectivity index (χ0n) is 14.3. The lowest BCUT2D eigenvalue weighted by molar-refractivity contribution is -0.146. The molecule has 2 N–H and O–H groups in total. The number of aromatic nitrogens is 2. The van der Waals surface area contributed by atoms with Crippen molar-refractivity contribution in [2.45, 2.75) is 32.1 Å². The molecule has 2 rings (SSSR count). The summed E-state index contributed by atoms with van der Waals surface area (Å²) < 4.78 is 4.73. The van der Waals surface area contributed by atoms with Gasteiger partial charge in [0.25, 0.3) is 0 Å². The molecular formula is C17H23N3O3S. The number of rotatable bonds is 7. The number of hydrogen-bond acceptors (Lipinski definition) is 5. The van der Waals surface area contributed by atoms with Gasteiger partial charge in [-0.15, -0.1) is 11.8 Å². The van der Waals surface area contributed by atoms with Crippen molar-refractivity contribution in [1.29, 1.82) is 0 Å². The van der Waals surface area contributed by atoms with Crippen LogP contribution in [0.2, 0.25) is 0 Å². The SMILES string of the molecule is COC(=O)C(NC(=O)CSC(C)c1nc2ccccc2[nH]1)C(C)C. The summed E-state index contributed by atoms with van der Waals surface area (Å²) in [5, 5.41) is 2.78. The molecule has 1 aromatic heterocycles. The number of thioether (sulfide) groups is 1. The number of amides is 1. The second kappa shape index (κ2) is 8.19. The Morgan fingerprint density at radius 2 is 2.00 bits per heavy atom. The number of nitrogens with one attached hydrogen (secondary N) is 2. The number of methoxy groups -OCH3 is 1. The van der Waals surface area contributed by atoms with E-state index in [2.05, 4.69) is 15.3 Å². The molecule has 0 radical (unpaired) electrons. The van der Waals surface area contributed by atoms with Crippen LogP contribution >= 0.6 is 11.8 Å². The third kappa shape index (κ3) is 4.50. The summed E-state index contributed by atoms with van der Waals surface area (Å²) in [5.74, 6) is 0.445. The van der Waals surface area contributed by atoms with Gasteiger partial charge in [0.15, 0.2) is 0 Å². The van der Waals surface area contributed by atoms with Gasteiger partial charge in [-0.05, 0) is 25.0 Å². The summed E-state index contributed by atoms with van der Waals surface area (Å²) in [7, 11) is 1.32. The number of esters is 1. The fourth-order valence-electron chi connectivity index (χ4n) is 2.28. The number of hydrogen-bond donors (Lipinski definition) is 2. The van der Waals surface area contributed by atoms with E-state index in [1.165, 1.54) is 18.9 Å². The highest BCUT2D eigenvalue weighted by Crippen LogP contribution is 2.27. The summed E-state index contributed by atoms with van der Waals surface area (Å²) in [4.78, 5) is 31.6. The molecule has 0 saturated carbocycles. The smallest absolute Gasteiger partial charge is 0.328 e. The molecule has 0 bridgehead atoms. The molecule has 0 fully saturated rings. The van der Waals surface area contributed by atoms with Gasteiger partial charge in [0.1, 0.15) is 11.9 Å². The number of benzene rings is 1. The Balaban J connectivity index is 1.91. The average Bonchev–Trinajstić information content (AvgIpc) is 3.00. The van der Waals surface area contributed by atoms with Gasteiger partial charge in [-0.3, -0.25) is 4.79 Å². The second-order valence-corrected chi connectivity index (χ2v) is 7.23. The van der Waals surface area contributed by atoms with Gasteiger partial charge in [-0.25, -0.2) is 9.78 Å². The van der Waals surface area contributed by atoms with E-state index in [4.69, 9.17) is 4.74 Å². The summed E-state index contributed by atoms with van der Waals surface area (Å²) in [5.41, 5.74) is 1.89. The van der Waals surface area contributed by atoms with Crippen molar-refractivity contribution in [2.75, 3.05) is 12.9 Å². The topological polar surface area (TPSA) is 84.1 Å². The lowest BCUT2D eigenvalue weighted by Gasteiger charge is -2.20. The van der Waals surface area contributed by atoms with Gasteiger partial charge >= 0.3 is 5.97 Å². The molecule has 130 valence electrons. The Bertz CT molecular complexity index is 681. The summed E-state index contributed by atoms with van der Waals surface area (Å²) >= 11 is 1.47. The number of fused-ring (bicyclic) bond motifs is 1. The Labute approximate surface area is 145 Å². The van der Waals surface area contributed by atoms with Crippen LogP contribution in [-0.4, -0.2) is 40.7 Å². The first-order valence-corrected chi connectivity index (χ1v) is 8.90. The van der Waals surface area contributed by atoms with Crippen molar-refractivity contribution in [1.82, 2.24) is 15.3 Å². The number of ether oxygens (including phenoxy) is 1. The molecule has 2 atom stereocenters. The Morgan fingerprint density at radius 3 is 2.62 bits per heavy atom. The van der Waals surface area contributed by atoms with Gasteiger partial charge in [-0.1, -0.05) is 26.0 Å². The Kier molecular flexibility index (Phi) is 6.25. The Morgan fingerprint density at radius 1 is 1.29 bits per heavy atom. The van der Waals surface area contributed by atoms with Crippen molar-refractivity contribution >= 4 is 34.7 Å². The Hall–Kier alpha value is -2.02. The lowest BCUT2D eigenvalue weighted by atomic mass is 10.1. The quantitative estimate of drug-likeness (QED) is 0.751. The molecule has 0 aliphatic rings. The van der Waals surface area contributed by atoms with E-state index in [9.17, 15) is 9.59 Å². The van der Waals surface area contributed by atoms with E-state index in [-0.39, 0.29) is 22.8 Å². The maximum Gasteiger partial charge on any atom is 0.328 e. The van der Waals surface area contributed by atoms with Crippen molar-refractivity contribution in [3.8, 4) is 0 Å². The highest BCUT2D eigenvalue weighted by molar-refractivity contribution is 8.00. The summed E-state index contributed by atoms with van der Waals surface area (Å²) in [6.07, 6.45) is 0. The lowest BCUT2D eigenvalue weighted by Crippen LogP contribution is -2.45. The average molecular weight is 349 g/mol. The first-order valence-electron chi connectivity index (χ1n) is 7.85. The summed E-state index contributed by atoms with van der Waals surface area (Å²) in [6.45, 7) is 5.73. The van der Waals surface area contributed by atoms with E-state index in [0.29, 0.717) is 0 Å². The second-order valence-electron chi connectivity index (χ2n) is 5.90. The predicted octanol–water partition coefficient (Wildman–Crippen LogP) is 2.67. The fourth-order valence-corrected chi connectivity index (χ4v) is 3.04. The molecule has 7 heteroatoms. The molecule has 1 aromatic carbocycles. The van der Waals surface area contributed by atoms with Gasteiger partial charge in [0, 0.05) is 0 Å². The van der Waals surface area contributed by atoms with Crippen molar-refractivity contribution < 1.29 is 14.3 Å². The van der Waals surface area contributed by atoms with Crippen LogP contribution in [0.3, 0.4) is 0 Å². The molecule has 2 aromatic rings. The number of H-pyrrole nitrogens is 1. The third-order valence-electron chi connectivity index (χ3n) is 3.70. The monoisotopic (exact) mass is 349 g/mol. The van der Waals surface area contributed by atoms with Gasteiger partial charge in [0.05, 0.1) is 29.1 Å². The largest absolute Gasteiger partial charge is 0.467 e. The van der Waals surface area contributed by atoms with Crippen LogP contribution in [0, 0.1) is 5.92 Å². The van der Waals surface area contributed by atoms with Crippen LogP contribution in [0.5, 0.6) is 0 Å². The van der Waals surface area contributed by atoms with E-state index in [1.807, 2.05) is 45.0 Å². The first kappa shape index (κ1) is 18.3. The highest BCUT2D eigenvalue weighted by atomic mass is 32.2. The minimum absolute atomic E-state index is 0.0285. The maximum atomic E-state index is 12.1. The number of carbonyl (C=O) groups is 2. The number of para-hydroxylation sites is 2. The molecule has 6 nitrogen and oxygen atoms in total. The minimum Gasteiger partial charge on any atom is -0.467 e. The standard InChI is InChI=1S/C17H23N3O3S/c1-10(2)15(17(22)23-4)20-14(21)9-24-11(3)16-18-12-7-5-6-8-13(12)19-16/h5-8,10-11,15H,9H2,1-4H3,(H,18,19)(H,20,21). The zero-order chi connectivity index (χ0) is 17.7. The normalized spacial score (nSPS) is 13.7. The van der Waals surface area contributed by atoms with Crippen molar-refractivity contribution in [3.05, 3.63) is 30.1 Å². The number of nitrogens with zero attached hydrogens (tertiary/aromatic N) is 1. The highest BCUT2D eigenvalue weighted by Gasteiger charge is 2.25. The zero-order valence-corrected chi connectivity index (χ0v) is 15.1.